The summed E-state index contributed by atoms with van der Waals surface area (Å²) < 4.78 is 13.8. The molecule has 8 nitrogen and oxygen atoms in total. The molecular formula is C22H22N6O2S2. The molecule has 164 valence electrons. The highest BCUT2D eigenvalue weighted by Gasteiger charge is 2.35. The molecule has 4 aromatic rings. The number of thiophene rings is 1. The molecule has 32 heavy (non-hydrogen) atoms. The summed E-state index contributed by atoms with van der Waals surface area (Å²) in [5.41, 5.74) is 10.4. The van der Waals surface area contributed by atoms with Gasteiger partial charge in [0.15, 0.2) is 0 Å². The number of anilines is 2. The van der Waals surface area contributed by atoms with E-state index in [0.717, 1.165) is 46.2 Å². The highest BCUT2D eigenvalue weighted by Crippen LogP contribution is 2.45. The van der Waals surface area contributed by atoms with Gasteiger partial charge in [-0.2, -0.15) is 0 Å². The number of nitrogens with one attached hydrogen (secondary N) is 1. The molecule has 1 unspecified atom stereocenters. The first-order chi connectivity index (χ1) is 15.7. The van der Waals surface area contributed by atoms with Gasteiger partial charge in [0, 0.05) is 59.0 Å². The molecular weight excluding hydrogens is 444 g/mol. The first-order valence-corrected chi connectivity index (χ1v) is 12.4. The maximum atomic E-state index is 13.1. The van der Waals surface area contributed by atoms with E-state index in [2.05, 4.69) is 20.3 Å². The van der Waals surface area contributed by atoms with Gasteiger partial charge >= 0.3 is 0 Å². The summed E-state index contributed by atoms with van der Waals surface area (Å²) in [4.78, 5) is 18.5. The van der Waals surface area contributed by atoms with Crippen LogP contribution in [0.15, 0.2) is 47.2 Å². The Morgan fingerprint density at radius 3 is 2.69 bits per heavy atom. The van der Waals surface area contributed by atoms with E-state index in [0.29, 0.717) is 28.1 Å². The van der Waals surface area contributed by atoms with Crippen LogP contribution in [0.5, 0.6) is 0 Å². The number of nitrogens with two attached hydrogens (primary N) is 1. The zero-order valence-electron chi connectivity index (χ0n) is 17.2. The van der Waals surface area contributed by atoms with Crippen LogP contribution in [0, 0.1) is 0 Å². The Morgan fingerprint density at radius 1 is 1.22 bits per heavy atom. The van der Waals surface area contributed by atoms with Crippen LogP contribution in [0.25, 0.3) is 32.6 Å². The average Bonchev–Trinajstić information content (AvgIpc) is 3.13. The SMILES string of the molecule is Nc1c([S+]([O-])C2CCC2)sc2nc(-c3cnc(NCCO)nc3)cc(-c3cccnc3)c12. The lowest BCUT2D eigenvalue weighted by Gasteiger charge is -2.27. The summed E-state index contributed by atoms with van der Waals surface area (Å²) in [6.07, 6.45) is 9.97. The number of hydrogen-bond acceptors (Lipinski definition) is 9. The molecule has 10 heteroatoms. The van der Waals surface area contributed by atoms with Crippen LogP contribution in [-0.4, -0.2) is 48.0 Å². The van der Waals surface area contributed by atoms with Gasteiger partial charge in [-0.25, -0.2) is 15.0 Å². The van der Waals surface area contributed by atoms with Crippen molar-refractivity contribution in [2.75, 3.05) is 24.2 Å². The summed E-state index contributed by atoms with van der Waals surface area (Å²) in [5.74, 6) is 0.440. The minimum absolute atomic E-state index is 0.00215. The zero-order valence-corrected chi connectivity index (χ0v) is 18.8. The molecule has 0 bridgehead atoms. The fourth-order valence-corrected chi connectivity index (χ4v) is 6.81. The minimum Gasteiger partial charge on any atom is -0.611 e. The smallest absolute Gasteiger partial charge is 0.232 e. The van der Waals surface area contributed by atoms with Crippen LogP contribution in [-0.2, 0) is 11.2 Å². The predicted octanol–water partition coefficient (Wildman–Crippen LogP) is 3.46. The molecule has 0 amide bonds. The number of nitrogen functional groups attached to an aromatic ring is 1. The Morgan fingerprint density at radius 2 is 2.03 bits per heavy atom. The Hall–Kier alpha value is -2.79. The number of aliphatic hydroxyl groups is 1. The Balaban J connectivity index is 1.63. The number of fused-ring (bicyclic) bond motifs is 1. The van der Waals surface area contributed by atoms with Crippen molar-refractivity contribution >= 4 is 44.4 Å². The third-order valence-electron chi connectivity index (χ3n) is 5.52. The second-order valence-corrected chi connectivity index (χ2v) is 10.5. The van der Waals surface area contributed by atoms with Crippen molar-refractivity contribution in [3.63, 3.8) is 0 Å². The second-order valence-electron chi connectivity index (χ2n) is 7.58. The molecule has 0 spiro atoms. The molecule has 5 rings (SSSR count). The van der Waals surface area contributed by atoms with E-state index in [9.17, 15) is 4.55 Å². The van der Waals surface area contributed by atoms with Crippen molar-refractivity contribution in [3.05, 3.63) is 43.0 Å². The topological polar surface area (TPSA) is 133 Å². The number of rotatable bonds is 7. The van der Waals surface area contributed by atoms with Crippen molar-refractivity contribution in [2.45, 2.75) is 28.7 Å². The molecule has 0 radical (unpaired) electrons. The first-order valence-electron chi connectivity index (χ1n) is 10.4. The lowest BCUT2D eigenvalue weighted by molar-refractivity contribution is 0.311. The summed E-state index contributed by atoms with van der Waals surface area (Å²) in [6.45, 7) is 0.381. The molecule has 4 N–H and O–H groups in total. The van der Waals surface area contributed by atoms with E-state index in [4.69, 9.17) is 15.8 Å². The monoisotopic (exact) mass is 466 g/mol. The van der Waals surface area contributed by atoms with Crippen molar-refractivity contribution < 1.29 is 9.66 Å². The van der Waals surface area contributed by atoms with Gasteiger partial charge in [-0.05, 0) is 37.0 Å². The van der Waals surface area contributed by atoms with Gasteiger partial charge in [-0.15, -0.1) is 0 Å². The molecule has 4 aromatic heterocycles. The lowest BCUT2D eigenvalue weighted by Crippen LogP contribution is -2.28. The van der Waals surface area contributed by atoms with Crippen LogP contribution >= 0.6 is 11.3 Å². The molecule has 4 heterocycles. The van der Waals surface area contributed by atoms with E-state index in [1.807, 2.05) is 18.2 Å². The van der Waals surface area contributed by atoms with Crippen LogP contribution < -0.4 is 11.1 Å². The zero-order chi connectivity index (χ0) is 22.1. The Kier molecular flexibility index (Phi) is 5.92. The summed E-state index contributed by atoms with van der Waals surface area (Å²) in [6, 6.07) is 5.81. The standard InChI is InChI=1S/C22H22N6O2S2/c23-19-18-16(13-3-2-6-24-10-13)9-17(14-11-26-22(27-12-14)25-7-8-29)28-20(18)31-21(19)32(30)15-4-1-5-15/h2-3,6,9-12,15,29H,1,4-5,7-8,23H2,(H,25,26,27). The van der Waals surface area contributed by atoms with Crippen LogP contribution in [0.3, 0.4) is 0 Å². The van der Waals surface area contributed by atoms with Crippen LogP contribution in [0.4, 0.5) is 11.6 Å². The summed E-state index contributed by atoms with van der Waals surface area (Å²) >= 11 is 0.281. The fraction of sp³-hybridized carbons (Fsp3) is 0.273. The third-order valence-corrected chi connectivity index (χ3v) is 8.82. The van der Waals surface area contributed by atoms with E-state index < -0.39 is 11.2 Å². The Labute approximate surface area is 192 Å². The molecule has 1 aliphatic carbocycles. The second kappa shape index (κ2) is 8.99. The largest absolute Gasteiger partial charge is 0.611 e. The van der Waals surface area contributed by atoms with Crippen molar-refractivity contribution in [1.29, 1.82) is 0 Å². The van der Waals surface area contributed by atoms with Crippen LogP contribution in [0.1, 0.15) is 19.3 Å². The number of pyridine rings is 2. The van der Waals surface area contributed by atoms with Crippen molar-refractivity contribution in [3.8, 4) is 22.4 Å². The van der Waals surface area contributed by atoms with Gasteiger partial charge < -0.3 is 20.7 Å². The Bertz CT molecular complexity index is 1230. The molecule has 0 saturated heterocycles. The van der Waals surface area contributed by atoms with Gasteiger partial charge in [0.25, 0.3) is 0 Å². The quantitative estimate of drug-likeness (QED) is 0.353. The highest BCUT2D eigenvalue weighted by molar-refractivity contribution is 7.94. The van der Waals surface area contributed by atoms with Gasteiger partial charge in [-0.1, -0.05) is 17.4 Å². The predicted molar refractivity (Wildman–Crippen MR) is 128 cm³/mol. The highest BCUT2D eigenvalue weighted by atomic mass is 32.2. The number of aromatic nitrogens is 4. The molecule has 1 saturated carbocycles. The van der Waals surface area contributed by atoms with E-state index in [-0.39, 0.29) is 11.9 Å². The normalized spacial score (nSPS) is 14.9. The molecule has 0 aliphatic heterocycles. The maximum absolute atomic E-state index is 13.1. The third kappa shape index (κ3) is 3.90. The molecule has 1 fully saturated rings. The van der Waals surface area contributed by atoms with E-state index >= 15 is 0 Å². The van der Waals surface area contributed by atoms with Crippen LogP contribution in [0.2, 0.25) is 0 Å². The summed E-state index contributed by atoms with van der Waals surface area (Å²) in [5, 5.41) is 12.9. The molecule has 0 aromatic carbocycles. The van der Waals surface area contributed by atoms with Gasteiger partial charge in [-0.3, -0.25) is 4.98 Å². The number of aliphatic hydroxyl groups excluding tert-OH is 1. The average molecular weight is 467 g/mol. The van der Waals surface area contributed by atoms with Crippen molar-refractivity contribution in [2.24, 2.45) is 0 Å². The maximum Gasteiger partial charge on any atom is 0.232 e. The minimum atomic E-state index is -1.12. The van der Waals surface area contributed by atoms with Gasteiger partial charge in [0.05, 0.1) is 12.3 Å². The van der Waals surface area contributed by atoms with E-state index in [1.165, 1.54) is 11.3 Å². The van der Waals surface area contributed by atoms with Crippen molar-refractivity contribution in [1.82, 2.24) is 19.9 Å². The number of hydrogen-bond donors (Lipinski definition) is 3. The fourth-order valence-electron chi connectivity index (χ4n) is 3.60. The molecule has 1 aliphatic rings. The lowest BCUT2D eigenvalue weighted by atomic mass is 10.00. The first kappa shape index (κ1) is 21.1. The van der Waals surface area contributed by atoms with E-state index in [1.54, 1.807) is 24.8 Å². The summed E-state index contributed by atoms with van der Waals surface area (Å²) in [7, 11) is 0. The van der Waals surface area contributed by atoms with Gasteiger partial charge in [0.1, 0.15) is 15.8 Å². The van der Waals surface area contributed by atoms with Gasteiger partial charge in [0.2, 0.25) is 10.2 Å². The molecule has 1 atom stereocenters. The number of nitrogens with zero attached hydrogens (tertiary/aromatic N) is 4.